The van der Waals surface area contributed by atoms with Gasteiger partial charge in [-0.25, -0.2) is 0 Å². The number of amides is 2. The van der Waals surface area contributed by atoms with Crippen molar-refractivity contribution in [3.05, 3.63) is 44.4 Å². The molecular weight excluding hydrogens is 578 g/mol. The molecule has 10 nitrogen and oxygen atoms in total. The van der Waals surface area contributed by atoms with Gasteiger partial charge in [-0.15, -0.1) is 0 Å². The quantitative estimate of drug-likeness (QED) is 0.162. The first-order valence-electron chi connectivity index (χ1n) is 10.4. The summed E-state index contributed by atoms with van der Waals surface area (Å²) in [4.78, 5) is 27.1. The van der Waals surface area contributed by atoms with Gasteiger partial charge in [-0.3, -0.25) is 24.9 Å². The van der Waals surface area contributed by atoms with Crippen LogP contribution in [0.2, 0.25) is 20.1 Å². The molecule has 0 saturated carbocycles. The highest BCUT2D eigenvalue weighted by molar-refractivity contribution is 6.40. The normalized spacial score (nSPS) is 15.2. The van der Waals surface area contributed by atoms with Crippen molar-refractivity contribution in [1.29, 1.82) is 0 Å². The van der Waals surface area contributed by atoms with E-state index < -0.39 is 11.8 Å². The summed E-state index contributed by atoms with van der Waals surface area (Å²) in [7, 11) is 1.88. The van der Waals surface area contributed by atoms with Gasteiger partial charge in [-0.05, 0) is 24.3 Å². The molecule has 36 heavy (non-hydrogen) atoms. The third-order valence-electron chi connectivity index (χ3n) is 5.88. The number of hydroxylamine groups is 2. The summed E-state index contributed by atoms with van der Waals surface area (Å²) in [6, 6.07) is 5.40. The molecule has 0 spiro atoms. The van der Waals surface area contributed by atoms with Crippen LogP contribution in [-0.2, 0) is 9.59 Å². The lowest BCUT2D eigenvalue weighted by Crippen LogP contribution is -3.00. The van der Waals surface area contributed by atoms with Crippen molar-refractivity contribution in [2.75, 3.05) is 67.9 Å². The molecule has 2 aromatic carbocycles. The Morgan fingerprint density at radius 2 is 1.22 bits per heavy atom. The summed E-state index contributed by atoms with van der Waals surface area (Å²) < 4.78 is 0.336. The molecule has 1 aliphatic heterocycles. The molecule has 0 radical (unpaired) electrons. The third-order valence-corrected chi connectivity index (χ3v) is 7.13. The van der Waals surface area contributed by atoms with Crippen molar-refractivity contribution in [2.45, 2.75) is 0 Å². The van der Waals surface area contributed by atoms with Crippen molar-refractivity contribution in [1.82, 2.24) is 4.90 Å². The fourth-order valence-corrected chi connectivity index (χ4v) is 4.58. The number of piperazine rings is 1. The van der Waals surface area contributed by atoms with Gasteiger partial charge >= 0.3 is 5.91 Å². The molecule has 0 unspecified atom stereocenters. The number of likely N-dealkylation sites (N-methyl/N-ethyl adjacent to an activating group) is 1. The molecule has 0 bridgehead atoms. The topological polar surface area (TPSA) is 136 Å². The van der Waals surface area contributed by atoms with Crippen LogP contribution in [0.1, 0.15) is 0 Å². The van der Waals surface area contributed by atoms with Gasteiger partial charge in [-0.1, -0.05) is 46.4 Å². The Morgan fingerprint density at radius 3 is 1.61 bits per heavy atom. The van der Waals surface area contributed by atoms with Crippen LogP contribution >= 0.6 is 46.4 Å². The summed E-state index contributed by atoms with van der Waals surface area (Å²) >= 11 is 23.9. The van der Waals surface area contributed by atoms with Gasteiger partial charge in [0.2, 0.25) is 0 Å². The van der Waals surface area contributed by atoms with Gasteiger partial charge in [0, 0.05) is 13.1 Å². The molecule has 0 atom stereocenters. The summed E-state index contributed by atoms with van der Waals surface area (Å²) in [5.74, 6) is -1.12. The monoisotopic (exact) mass is 600 g/mol. The van der Waals surface area contributed by atoms with E-state index in [4.69, 9.17) is 57.9 Å². The zero-order chi connectivity index (χ0) is 26.1. The van der Waals surface area contributed by atoms with Gasteiger partial charge in [-0.2, -0.15) is 10.1 Å². The van der Waals surface area contributed by atoms with E-state index in [0.29, 0.717) is 40.8 Å². The second-order valence-electron chi connectivity index (χ2n) is 8.56. The number of quaternary nitrogens is 1. The Morgan fingerprint density at radius 1 is 0.861 bits per heavy atom. The second kappa shape index (κ2) is 12.2. The number of hydrogen-bond acceptors (Lipinski definition) is 7. The molecule has 1 aliphatic rings. The standard InChI is InChI=1S/C21H25Cl4N6O4.ClH/c1-31(11-19(33)30(35)13-8-16(24)21(27)17(25)9-13)4-2-28(3-5-31)10-18(32)29(34)12-6-14(22)20(26)15(23)7-12;/h6-9,34-35H,2-5,10-11,26-27H2,1H3;1H/q+1;/p-1. The predicted octanol–water partition coefficient (Wildman–Crippen LogP) is 0.375. The number of nitrogens with two attached hydrogens (primary N) is 2. The smallest absolute Gasteiger partial charge is 0.305 e. The lowest BCUT2D eigenvalue weighted by atomic mass is 10.2. The molecule has 1 fully saturated rings. The minimum absolute atomic E-state index is 0. The van der Waals surface area contributed by atoms with Crippen LogP contribution in [0.15, 0.2) is 24.3 Å². The molecule has 15 heteroatoms. The predicted molar refractivity (Wildman–Crippen MR) is 138 cm³/mol. The summed E-state index contributed by atoms with van der Waals surface area (Å²) in [6.07, 6.45) is 0. The fraction of sp³-hybridized carbons (Fsp3) is 0.333. The van der Waals surface area contributed by atoms with Crippen molar-refractivity contribution >= 4 is 81.0 Å². The number of anilines is 4. The largest absolute Gasteiger partial charge is 1.00 e. The van der Waals surface area contributed by atoms with Crippen LogP contribution in [0.3, 0.4) is 0 Å². The zero-order valence-corrected chi connectivity index (χ0v) is 22.9. The highest BCUT2D eigenvalue weighted by Gasteiger charge is 2.34. The van der Waals surface area contributed by atoms with Gasteiger partial charge < -0.3 is 28.4 Å². The van der Waals surface area contributed by atoms with E-state index >= 15 is 0 Å². The SMILES string of the molecule is C[N+]1(CC(=O)N(O)c2cc(Cl)c(N)c(Cl)c2)CCN(CC(=O)N(O)c2cc(Cl)c(N)c(Cl)c2)CC1.[Cl-]. The van der Waals surface area contributed by atoms with Crippen molar-refractivity contribution in [3.63, 3.8) is 0 Å². The summed E-state index contributed by atoms with van der Waals surface area (Å²) in [6.45, 7) is 1.97. The minimum atomic E-state index is -0.576. The number of rotatable bonds is 6. The molecule has 1 heterocycles. The van der Waals surface area contributed by atoms with E-state index in [0.717, 1.165) is 0 Å². The number of benzene rings is 2. The Labute approximate surface area is 234 Å². The van der Waals surface area contributed by atoms with E-state index in [-0.39, 0.29) is 68.3 Å². The van der Waals surface area contributed by atoms with Crippen LogP contribution in [0.4, 0.5) is 22.7 Å². The average Bonchev–Trinajstić information content (AvgIpc) is 2.80. The second-order valence-corrected chi connectivity index (χ2v) is 10.2. The number of carbonyl (C=O) groups is 2. The van der Waals surface area contributed by atoms with Crippen LogP contribution in [0.5, 0.6) is 0 Å². The van der Waals surface area contributed by atoms with E-state index in [1.807, 2.05) is 11.9 Å². The average molecular weight is 603 g/mol. The zero-order valence-electron chi connectivity index (χ0n) is 19.1. The lowest BCUT2D eigenvalue weighted by Gasteiger charge is -2.41. The first-order valence-corrected chi connectivity index (χ1v) is 11.9. The Kier molecular flexibility index (Phi) is 10.3. The molecule has 1 saturated heterocycles. The van der Waals surface area contributed by atoms with Crippen LogP contribution in [-0.4, -0.2) is 77.9 Å². The highest BCUT2D eigenvalue weighted by atomic mass is 35.5. The van der Waals surface area contributed by atoms with Gasteiger partial charge in [0.05, 0.1) is 69.5 Å². The van der Waals surface area contributed by atoms with Crippen LogP contribution < -0.4 is 34.0 Å². The Hall–Kier alpha value is -1.73. The number of nitrogens with zero attached hydrogens (tertiary/aromatic N) is 4. The number of halogens is 5. The Balaban J connectivity index is 0.00000456. The van der Waals surface area contributed by atoms with E-state index in [1.54, 1.807) is 0 Å². The van der Waals surface area contributed by atoms with Gasteiger partial charge in [0.15, 0.2) is 6.54 Å². The first kappa shape index (κ1) is 30.5. The van der Waals surface area contributed by atoms with Gasteiger partial charge in [0.1, 0.15) is 0 Å². The lowest BCUT2D eigenvalue weighted by molar-refractivity contribution is -0.906. The number of hydrogen-bond donors (Lipinski definition) is 4. The van der Waals surface area contributed by atoms with Crippen LogP contribution in [0, 0.1) is 0 Å². The molecule has 0 aliphatic carbocycles. The maximum Gasteiger partial charge on any atom is 0.305 e. The van der Waals surface area contributed by atoms with Crippen molar-refractivity contribution in [3.8, 4) is 0 Å². The Bertz CT molecular complexity index is 1100. The summed E-state index contributed by atoms with van der Waals surface area (Å²) in [5.41, 5.74) is 11.9. The number of nitrogen functional groups attached to an aromatic ring is 2. The van der Waals surface area contributed by atoms with Gasteiger partial charge in [0.25, 0.3) is 5.91 Å². The van der Waals surface area contributed by atoms with Crippen molar-refractivity contribution in [2.24, 2.45) is 0 Å². The molecule has 198 valence electrons. The highest BCUT2D eigenvalue weighted by Crippen LogP contribution is 2.33. The molecule has 2 aromatic rings. The molecule has 3 rings (SSSR count). The van der Waals surface area contributed by atoms with E-state index in [1.165, 1.54) is 24.3 Å². The minimum Gasteiger partial charge on any atom is -1.00 e. The van der Waals surface area contributed by atoms with Crippen LogP contribution in [0.25, 0.3) is 0 Å². The van der Waals surface area contributed by atoms with E-state index in [2.05, 4.69) is 0 Å². The van der Waals surface area contributed by atoms with E-state index in [9.17, 15) is 20.0 Å². The maximum absolute atomic E-state index is 12.7. The molecule has 6 N–H and O–H groups in total. The third kappa shape index (κ3) is 6.97. The molecule has 0 aromatic heterocycles. The van der Waals surface area contributed by atoms with Crippen molar-refractivity contribution < 1.29 is 36.9 Å². The molecular formula is C21H25Cl5N6O4. The number of carbonyl (C=O) groups excluding carboxylic acids is 2. The summed E-state index contributed by atoms with van der Waals surface area (Å²) in [5, 5.41) is 22.1. The maximum atomic E-state index is 12.7. The first-order chi connectivity index (χ1) is 16.3. The molecule has 2 amide bonds. The fourth-order valence-electron chi connectivity index (χ4n) is 3.63.